The lowest BCUT2D eigenvalue weighted by molar-refractivity contribution is 0.0918. The Morgan fingerprint density at radius 1 is 1.69 bits per heavy atom. The first-order chi connectivity index (χ1) is 7.65. The molecule has 88 valence electrons. The normalized spacial score (nSPS) is 21.2. The van der Waals surface area contributed by atoms with Gasteiger partial charge in [-0.1, -0.05) is 0 Å². The van der Waals surface area contributed by atoms with Crippen molar-refractivity contribution >= 4 is 21.8 Å². The maximum atomic E-state index is 11.7. The number of furan rings is 1. The molecule has 0 bridgehead atoms. The predicted octanol–water partition coefficient (Wildman–Crippen LogP) is 1.72. The molecule has 1 aliphatic heterocycles. The molecule has 0 saturated carbocycles. The Bertz CT molecular complexity index is 378. The number of carbonyl (C=O) groups excluding carboxylic acids is 1. The molecule has 0 aromatic carbocycles. The van der Waals surface area contributed by atoms with Crippen LogP contribution in [0.5, 0.6) is 0 Å². The topological polar surface area (TPSA) is 45.5 Å². The summed E-state index contributed by atoms with van der Waals surface area (Å²) in [5.74, 6) is 0.783. The second-order valence-electron chi connectivity index (χ2n) is 4.23. The molecule has 2 heterocycles. The smallest absolute Gasteiger partial charge is 0.287 e. The van der Waals surface area contributed by atoms with Gasteiger partial charge in [0.25, 0.3) is 5.91 Å². The minimum absolute atomic E-state index is 0.139. The molecule has 0 spiro atoms. The zero-order valence-corrected chi connectivity index (χ0v) is 10.8. The summed E-state index contributed by atoms with van der Waals surface area (Å²) < 4.78 is 5.76. The average Bonchev–Trinajstić information content (AvgIpc) is 2.84. The number of hydrogen-bond donors (Lipinski definition) is 1. The van der Waals surface area contributed by atoms with Gasteiger partial charge >= 0.3 is 0 Å². The van der Waals surface area contributed by atoms with E-state index in [0.717, 1.165) is 26.1 Å². The molecule has 1 fully saturated rings. The standard InChI is InChI=1S/C11H15BrN2O2/c1-14-5-4-8(7-14)6-13-11(15)9-2-3-10(12)16-9/h2-3,8H,4-7H2,1H3,(H,13,15). The van der Waals surface area contributed by atoms with Gasteiger partial charge in [-0.05, 0) is 54.0 Å². The predicted molar refractivity (Wildman–Crippen MR) is 64.3 cm³/mol. The molecule has 1 aliphatic rings. The van der Waals surface area contributed by atoms with Gasteiger partial charge in [-0.3, -0.25) is 4.79 Å². The molecule has 16 heavy (non-hydrogen) atoms. The highest BCUT2D eigenvalue weighted by Gasteiger charge is 2.20. The van der Waals surface area contributed by atoms with Crippen molar-refractivity contribution in [2.45, 2.75) is 6.42 Å². The SMILES string of the molecule is CN1CCC(CNC(=O)c2ccc(Br)o2)C1. The van der Waals surface area contributed by atoms with E-state index in [2.05, 4.69) is 33.2 Å². The van der Waals surface area contributed by atoms with E-state index in [-0.39, 0.29) is 5.91 Å². The zero-order valence-electron chi connectivity index (χ0n) is 9.20. The van der Waals surface area contributed by atoms with Crippen molar-refractivity contribution < 1.29 is 9.21 Å². The minimum Gasteiger partial charge on any atom is -0.444 e. The third kappa shape index (κ3) is 2.86. The van der Waals surface area contributed by atoms with E-state index in [0.29, 0.717) is 16.3 Å². The molecule has 1 atom stereocenters. The largest absolute Gasteiger partial charge is 0.444 e. The average molecular weight is 287 g/mol. The van der Waals surface area contributed by atoms with Gasteiger partial charge in [0.1, 0.15) is 0 Å². The summed E-state index contributed by atoms with van der Waals surface area (Å²) >= 11 is 3.17. The lowest BCUT2D eigenvalue weighted by Crippen LogP contribution is -2.30. The van der Waals surface area contributed by atoms with Crippen molar-refractivity contribution in [3.8, 4) is 0 Å². The Balaban J connectivity index is 1.80. The third-order valence-electron chi connectivity index (χ3n) is 2.84. The number of amides is 1. The van der Waals surface area contributed by atoms with Crippen LogP contribution in [0.15, 0.2) is 21.2 Å². The van der Waals surface area contributed by atoms with E-state index >= 15 is 0 Å². The minimum atomic E-state index is -0.139. The molecule has 5 heteroatoms. The number of hydrogen-bond acceptors (Lipinski definition) is 3. The number of halogens is 1. The Labute approximate surface area is 103 Å². The first-order valence-corrected chi connectivity index (χ1v) is 6.16. The van der Waals surface area contributed by atoms with E-state index in [9.17, 15) is 4.79 Å². The van der Waals surface area contributed by atoms with Crippen molar-refractivity contribution in [3.05, 3.63) is 22.6 Å². The fourth-order valence-electron chi connectivity index (χ4n) is 1.95. The monoisotopic (exact) mass is 286 g/mol. The second-order valence-corrected chi connectivity index (χ2v) is 5.01. The van der Waals surface area contributed by atoms with Gasteiger partial charge in [-0.2, -0.15) is 0 Å². The summed E-state index contributed by atoms with van der Waals surface area (Å²) in [4.78, 5) is 13.9. The van der Waals surface area contributed by atoms with Crippen LogP contribution in [0.4, 0.5) is 0 Å². The Hall–Kier alpha value is -0.810. The Kier molecular flexibility index (Phi) is 3.66. The van der Waals surface area contributed by atoms with Crippen LogP contribution in [0, 0.1) is 5.92 Å². The van der Waals surface area contributed by atoms with Crippen LogP contribution in [-0.4, -0.2) is 37.5 Å². The van der Waals surface area contributed by atoms with Gasteiger partial charge in [0.15, 0.2) is 10.4 Å². The van der Waals surface area contributed by atoms with Crippen molar-refractivity contribution in [2.24, 2.45) is 5.92 Å². The van der Waals surface area contributed by atoms with Crippen LogP contribution in [0.25, 0.3) is 0 Å². The van der Waals surface area contributed by atoms with Crippen LogP contribution in [0.2, 0.25) is 0 Å². The third-order valence-corrected chi connectivity index (χ3v) is 3.26. The van der Waals surface area contributed by atoms with E-state index in [4.69, 9.17) is 4.42 Å². The highest BCUT2D eigenvalue weighted by atomic mass is 79.9. The Morgan fingerprint density at radius 3 is 3.06 bits per heavy atom. The molecule has 1 unspecified atom stereocenters. The first kappa shape index (κ1) is 11.7. The highest BCUT2D eigenvalue weighted by Crippen LogP contribution is 2.15. The maximum Gasteiger partial charge on any atom is 0.287 e. The summed E-state index contributed by atoms with van der Waals surface area (Å²) in [5, 5.41) is 2.89. The van der Waals surface area contributed by atoms with E-state index in [1.54, 1.807) is 12.1 Å². The van der Waals surface area contributed by atoms with Gasteiger partial charge < -0.3 is 14.6 Å². The van der Waals surface area contributed by atoms with E-state index in [1.807, 2.05) is 0 Å². The number of carbonyl (C=O) groups is 1. The molecule has 2 rings (SSSR count). The quantitative estimate of drug-likeness (QED) is 0.920. The maximum absolute atomic E-state index is 11.7. The lowest BCUT2D eigenvalue weighted by Gasteiger charge is -2.10. The molecule has 1 amide bonds. The first-order valence-electron chi connectivity index (χ1n) is 5.37. The van der Waals surface area contributed by atoms with Gasteiger partial charge in [0.2, 0.25) is 0 Å². The lowest BCUT2D eigenvalue weighted by atomic mass is 10.1. The molecule has 1 aromatic heterocycles. The number of likely N-dealkylation sites (tertiary alicyclic amines) is 1. The van der Waals surface area contributed by atoms with Crippen LogP contribution >= 0.6 is 15.9 Å². The molecule has 0 radical (unpaired) electrons. The summed E-state index contributed by atoms with van der Waals surface area (Å²) in [6, 6.07) is 3.39. The van der Waals surface area contributed by atoms with Gasteiger partial charge in [-0.25, -0.2) is 0 Å². The zero-order chi connectivity index (χ0) is 11.5. The van der Waals surface area contributed by atoms with Crippen molar-refractivity contribution in [2.75, 3.05) is 26.7 Å². The van der Waals surface area contributed by atoms with Crippen molar-refractivity contribution in [3.63, 3.8) is 0 Å². The molecule has 1 aromatic rings. The summed E-state index contributed by atoms with van der Waals surface area (Å²) in [5.41, 5.74) is 0. The molecular weight excluding hydrogens is 272 g/mol. The van der Waals surface area contributed by atoms with Crippen LogP contribution in [-0.2, 0) is 0 Å². The summed E-state index contributed by atoms with van der Waals surface area (Å²) in [7, 11) is 2.10. The van der Waals surface area contributed by atoms with Gasteiger partial charge in [0, 0.05) is 13.1 Å². The van der Waals surface area contributed by atoms with Gasteiger partial charge in [-0.15, -0.1) is 0 Å². The summed E-state index contributed by atoms with van der Waals surface area (Å²) in [6.07, 6.45) is 1.15. The van der Waals surface area contributed by atoms with Crippen LogP contribution < -0.4 is 5.32 Å². The van der Waals surface area contributed by atoms with Crippen LogP contribution in [0.1, 0.15) is 17.0 Å². The number of nitrogens with zero attached hydrogens (tertiary/aromatic N) is 1. The van der Waals surface area contributed by atoms with Gasteiger partial charge in [0.05, 0.1) is 0 Å². The Morgan fingerprint density at radius 2 is 2.50 bits per heavy atom. The molecule has 1 N–H and O–H groups in total. The van der Waals surface area contributed by atoms with Crippen molar-refractivity contribution in [1.82, 2.24) is 10.2 Å². The van der Waals surface area contributed by atoms with E-state index in [1.165, 1.54) is 0 Å². The molecule has 1 saturated heterocycles. The fourth-order valence-corrected chi connectivity index (χ4v) is 2.26. The molecule has 0 aliphatic carbocycles. The number of nitrogens with one attached hydrogen (secondary N) is 1. The number of rotatable bonds is 3. The van der Waals surface area contributed by atoms with Crippen molar-refractivity contribution in [1.29, 1.82) is 0 Å². The molecular formula is C11H15BrN2O2. The molecule has 4 nitrogen and oxygen atoms in total. The highest BCUT2D eigenvalue weighted by molar-refractivity contribution is 9.10. The van der Waals surface area contributed by atoms with Crippen LogP contribution in [0.3, 0.4) is 0 Å². The summed E-state index contributed by atoms with van der Waals surface area (Å²) in [6.45, 7) is 2.90. The fraction of sp³-hybridized carbons (Fsp3) is 0.545. The second kappa shape index (κ2) is 5.01. The van der Waals surface area contributed by atoms with E-state index < -0.39 is 0 Å².